The Morgan fingerprint density at radius 1 is 1.35 bits per heavy atom. The summed E-state index contributed by atoms with van der Waals surface area (Å²) in [5, 5.41) is 10.9. The minimum Gasteiger partial charge on any atom is -0.480 e. The van der Waals surface area contributed by atoms with E-state index in [9.17, 15) is 14.0 Å². The zero-order valence-electron chi connectivity index (χ0n) is 9.48. The lowest BCUT2D eigenvalue weighted by Crippen LogP contribution is -2.45. The fourth-order valence-electron chi connectivity index (χ4n) is 1.13. The van der Waals surface area contributed by atoms with Crippen molar-refractivity contribution in [3.63, 3.8) is 0 Å². The summed E-state index contributed by atoms with van der Waals surface area (Å²) >= 11 is 0. The number of carboxylic acids is 1. The summed E-state index contributed by atoms with van der Waals surface area (Å²) in [7, 11) is 1.47. The quantitative estimate of drug-likeness (QED) is 0.840. The van der Waals surface area contributed by atoms with Crippen molar-refractivity contribution in [1.29, 1.82) is 0 Å². The third kappa shape index (κ3) is 3.44. The minimum atomic E-state index is -1.12. The van der Waals surface area contributed by atoms with Crippen LogP contribution in [0.25, 0.3) is 0 Å². The number of carbonyl (C=O) groups excluding carboxylic acids is 1. The number of halogens is 1. The summed E-state index contributed by atoms with van der Waals surface area (Å²) in [5.41, 5.74) is 0.474. The van der Waals surface area contributed by atoms with Crippen molar-refractivity contribution in [2.45, 2.75) is 13.0 Å². The number of urea groups is 1. The second-order valence-corrected chi connectivity index (χ2v) is 3.54. The Morgan fingerprint density at radius 2 is 1.88 bits per heavy atom. The number of carboxylic acid groups (broad SMARTS) is 1. The molecule has 0 bridgehead atoms. The van der Waals surface area contributed by atoms with Gasteiger partial charge in [0.05, 0.1) is 0 Å². The monoisotopic (exact) mass is 240 g/mol. The van der Waals surface area contributed by atoms with Gasteiger partial charge >= 0.3 is 12.0 Å². The van der Waals surface area contributed by atoms with E-state index in [2.05, 4.69) is 5.32 Å². The first-order valence-corrected chi connectivity index (χ1v) is 4.94. The first-order valence-electron chi connectivity index (χ1n) is 4.94. The molecule has 0 fully saturated rings. The van der Waals surface area contributed by atoms with E-state index in [1.54, 1.807) is 0 Å². The normalized spacial score (nSPS) is 11.7. The Bertz CT molecular complexity index is 419. The Balaban J connectivity index is 2.70. The molecule has 1 unspecified atom stereocenters. The number of nitrogens with one attached hydrogen (secondary N) is 1. The zero-order chi connectivity index (χ0) is 13.0. The summed E-state index contributed by atoms with van der Waals surface area (Å²) in [6.45, 7) is 1.36. The Kier molecular flexibility index (Phi) is 4.03. The molecule has 0 saturated carbocycles. The van der Waals surface area contributed by atoms with E-state index in [1.807, 2.05) is 0 Å². The summed E-state index contributed by atoms with van der Waals surface area (Å²) in [6, 6.07) is 3.76. The number of amides is 2. The Morgan fingerprint density at radius 3 is 2.35 bits per heavy atom. The highest BCUT2D eigenvalue weighted by Gasteiger charge is 2.17. The van der Waals surface area contributed by atoms with Crippen LogP contribution in [0.4, 0.5) is 14.9 Å². The molecule has 0 spiro atoms. The zero-order valence-corrected chi connectivity index (χ0v) is 9.48. The maximum atomic E-state index is 12.7. The maximum absolute atomic E-state index is 12.7. The van der Waals surface area contributed by atoms with E-state index in [4.69, 9.17) is 5.11 Å². The van der Waals surface area contributed by atoms with Crippen molar-refractivity contribution in [2.24, 2.45) is 0 Å². The van der Waals surface area contributed by atoms with Gasteiger partial charge in [-0.15, -0.1) is 0 Å². The molecule has 0 heterocycles. The molecular weight excluding hydrogens is 227 g/mol. The molecule has 1 aromatic carbocycles. The van der Waals surface area contributed by atoms with Gasteiger partial charge in [0, 0.05) is 12.7 Å². The summed E-state index contributed by atoms with van der Waals surface area (Å²) in [5.74, 6) is -1.52. The molecule has 0 aliphatic rings. The molecule has 0 aromatic heterocycles. The fraction of sp³-hybridized carbons (Fsp3) is 0.273. The number of anilines is 1. The van der Waals surface area contributed by atoms with Crippen LogP contribution >= 0.6 is 0 Å². The molecule has 2 amide bonds. The smallest absolute Gasteiger partial charge is 0.325 e. The number of hydrogen-bond donors (Lipinski definition) is 2. The SMILES string of the molecule is CC(NC(=O)N(C)c1ccc(F)cc1)C(=O)O. The van der Waals surface area contributed by atoms with Crippen LogP contribution in [0.5, 0.6) is 0 Å². The van der Waals surface area contributed by atoms with Gasteiger partial charge in [0.1, 0.15) is 11.9 Å². The molecule has 0 aliphatic carbocycles. The first-order chi connectivity index (χ1) is 7.91. The lowest BCUT2D eigenvalue weighted by molar-refractivity contribution is -0.138. The van der Waals surface area contributed by atoms with E-state index >= 15 is 0 Å². The maximum Gasteiger partial charge on any atom is 0.325 e. The highest BCUT2D eigenvalue weighted by Crippen LogP contribution is 2.13. The van der Waals surface area contributed by atoms with Crippen molar-refractivity contribution < 1.29 is 19.1 Å². The van der Waals surface area contributed by atoms with Gasteiger partial charge in [-0.05, 0) is 31.2 Å². The van der Waals surface area contributed by atoms with Gasteiger partial charge in [-0.1, -0.05) is 0 Å². The van der Waals surface area contributed by atoms with Gasteiger partial charge in [0.2, 0.25) is 0 Å². The molecule has 1 aromatic rings. The number of aliphatic carboxylic acids is 1. The van der Waals surface area contributed by atoms with Gasteiger partial charge in [0.15, 0.2) is 0 Å². The summed E-state index contributed by atoms with van der Waals surface area (Å²) < 4.78 is 12.7. The van der Waals surface area contributed by atoms with Crippen LogP contribution in [0.3, 0.4) is 0 Å². The number of hydrogen-bond acceptors (Lipinski definition) is 2. The van der Waals surface area contributed by atoms with Gasteiger partial charge < -0.3 is 10.4 Å². The van der Waals surface area contributed by atoms with Crippen LogP contribution in [-0.4, -0.2) is 30.2 Å². The van der Waals surface area contributed by atoms with E-state index in [-0.39, 0.29) is 0 Å². The largest absolute Gasteiger partial charge is 0.480 e. The number of carbonyl (C=O) groups is 2. The lowest BCUT2D eigenvalue weighted by Gasteiger charge is -2.19. The summed E-state index contributed by atoms with van der Waals surface area (Å²) in [6.07, 6.45) is 0. The lowest BCUT2D eigenvalue weighted by atomic mass is 10.3. The molecule has 1 atom stereocenters. The number of benzene rings is 1. The van der Waals surface area contributed by atoms with Crippen molar-refractivity contribution in [3.8, 4) is 0 Å². The molecule has 0 saturated heterocycles. The molecule has 92 valence electrons. The molecule has 17 heavy (non-hydrogen) atoms. The van der Waals surface area contributed by atoms with E-state index in [0.29, 0.717) is 5.69 Å². The third-order valence-corrected chi connectivity index (χ3v) is 2.23. The predicted molar refractivity (Wildman–Crippen MR) is 60.4 cm³/mol. The van der Waals surface area contributed by atoms with Crippen LogP contribution in [0, 0.1) is 5.82 Å². The average molecular weight is 240 g/mol. The molecule has 6 heteroatoms. The van der Waals surface area contributed by atoms with Crippen LogP contribution in [0.15, 0.2) is 24.3 Å². The second kappa shape index (κ2) is 5.29. The first kappa shape index (κ1) is 13.0. The topological polar surface area (TPSA) is 69.6 Å². The Hall–Kier alpha value is -2.11. The van der Waals surface area contributed by atoms with Crippen molar-refractivity contribution in [2.75, 3.05) is 11.9 Å². The molecule has 0 radical (unpaired) electrons. The second-order valence-electron chi connectivity index (χ2n) is 3.54. The van der Waals surface area contributed by atoms with E-state index in [0.717, 1.165) is 0 Å². The Labute approximate surface area is 97.8 Å². The molecular formula is C11H13FN2O3. The number of rotatable bonds is 3. The molecule has 0 aliphatic heterocycles. The van der Waals surface area contributed by atoms with Gasteiger partial charge in [0.25, 0.3) is 0 Å². The van der Waals surface area contributed by atoms with Crippen molar-refractivity contribution >= 4 is 17.7 Å². The minimum absolute atomic E-state index is 0.401. The van der Waals surface area contributed by atoms with Gasteiger partial charge in [-0.3, -0.25) is 9.69 Å². The molecule has 1 rings (SSSR count). The van der Waals surface area contributed by atoms with E-state index < -0.39 is 23.9 Å². The van der Waals surface area contributed by atoms with Gasteiger partial charge in [-0.2, -0.15) is 0 Å². The van der Waals surface area contributed by atoms with Crippen LogP contribution in [-0.2, 0) is 4.79 Å². The molecule has 2 N–H and O–H groups in total. The van der Waals surface area contributed by atoms with Crippen LogP contribution in [0.1, 0.15) is 6.92 Å². The highest BCUT2D eigenvalue weighted by molar-refractivity contribution is 5.93. The molecule has 5 nitrogen and oxygen atoms in total. The average Bonchev–Trinajstić information content (AvgIpc) is 2.28. The third-order valence-electron chi connectivity index (χ3n) is 2.23. The highest BCUT2D eigenvalue weighted by atomic mass is 19.1. The van der Waals surface area contributed by atoms with Gasteiger partial charge in [-0.25, -0.2) is 9.18 Å². The fourth-order valence-corrected chi connectivity index (χ4v) is 1.13. The van der Waals surface area contributed by atoms with Crippen LogP contribution in [0.2, 0.25) is 0 Å². The van der Waals surface area contributed by atoms with Crippen molar-refractivity contribution in [3.05, 3.63) is 30.1 Å². The standard InChI is InChI=1S/C11H13FN2O3/c1-7(10(15)16)13-11(17)14(2)9-5-3-8(12)4-6-9/h3-7H,1-2H3,(H,13,17)(H,15,16). The van der Waals surface area contributed by atoms with Crippen LogP contribution < -0.4 is 10.2 Å². The predicted octanol–water partition coefficient (Wildman–Crippen LogP) is 1.44. The number of nitrogens with zero attached hydrogens (tertiary/aromatic N) is 1. The summed E-state index contributed by atoms with van der Waals surface area (Å²) in [4.78, 5) is 23.4. The van der Waals surface area contributed by atoms with Crippen molar-refractivity contribution in [1.82, 2.24) is 5.32 Å². The van der Waals surface area contributed by atoms with E-state index in [1.165, 1.54) is 43.1 Å².